The molecule has 7 rings (SSSR count). The topological polar surface area (TPSA) is 96.3 Å². The number of nitrogens with zero attached hydrogens (tertiary/aromatic N) is 7. The summed E-state index contributed by atoms with van der Waals surface area (Å²) >= 11 is 1.44. The van der Waals surface area contributed by atoms with Gasteiger partial charge in [0.1, 0.15) is 5.82 Å². The Bertz CT molecular complexity index is 1230. The lowest BCUT2D eigenvalue weighted by atomic mass is 9.89. The first kappa shape index (κ1) is 24.7. The number of fused-ring (bicyclic) bond motifs is 1. The number of hydrogen-bond acceptors (Lipinski definition) is 10. The van der Waals surface area contributed by atoms with Crippen molar-refractivity contribution in [3.8, 4) is 0 Å². The molecule has 0 radical (unpaired) electrons. The molecule has 2 saturated heterocycles. The van der Waals surface area contributed by atoms with Crippen molar-refractivity contribution in [1.29, 1.82) is 0 Å². The Morgan fingerprint density at radius 2 is 1.55 bits per heavy atom. The lowest BCUT2D eigenvalue weighted by Gasteiger charge is -2.42. The first-order valence-corrected chi connectivity index (χ1v) is 15.2. The third kappa shape index (κ3) is 5.25. The van der Waals surface area contributed by atoms with Crippen molar-refractivity contribution in [2.75, 3.05) is 50.0 Å². The van der Waals surface area contributed by atoms with Gasteiger partial charge in [-0.3, -0.25) is 14.5 Å². The Balaban J connectivity index is 1.00. The molecule has 3 aromatic heterocycles. The minimum Gasteiger partial charge on any atom is -0.381 e. The molecule has 0 spiro atoms. The van der Waals surface area contributed by atoms with Gasteiger partial charge in [-0.1, -0.05) is 0 Å². The molecule has 2 aliphatic carbocycles. The monoisotopic (exact) mass is 537 g/mol. The van der Waals surface area contributed by atoms with Crippen LogP contribution in [-0.4, -0.2) is 91.4 Å². The maximum atomic E-state index is 5.50. The van der Waals surface area contributed by atoms with Crippen molar-refractivity contribution in [1.82, 2.24) is 33.9 Å². The number of aromatic nitrogens is 5. The van der Waals surface area contributed by atoms with E-state index in [1.165, 1.54) is 76.2 Å². The number of piperazine rings is 1. The van der Waals surface area contributed by atoms with Gasteiger partial charge in [-0.25, -0.2) is 0 Å². The predicted molar refractivity (Wildman–Crippen MR) is 150 cm³/mol. The molecule has 38 heavy (non-hydrogen) atoms. The van der Waals surface area contributed by atoms with Gasteiger partial charge in [0.05, 0.1) is 29.0 Å². The third-order valence-corrected chi connectivity index (χ3v) is 9.73. The lowest BCUT2D eigenvalue weighted by Crippen LogP contribution is -2.52. The van der Waals surface area contributed by atoms with E-state index in [0.717, 1.165) is 65.6 Å². The molecular formula is C27H39N9OS. The zero-order valence-corrected chi connectivity index (χ0v) is 23.1. The second kappa shape index (κ2) is 10.7. The van der Waals surface area contributed by atoms with Gasteiger partial charge >= 0.3 is 0 Å². The number of nitrogens with one attached hydrogen (secondary N) is 2. The normalized spacial score (nSPS) is 26.1. The highest BCUT2D eigenvalue weighted by Crippen LogP contribution is 2.33. The molecule has 204 valence electrons. The molecule has 4 fully saturated rings. The minimum absolute atomic E-state index is 0.390. The molecule has 3 aromatic rings. The molecule has 2 saturated carbocycles. The molecule has 0 aromatic carbocycles. The second-order valence-corrected chi connectivity index (χ2v) is 12.2. The van der Waals surface area contributed by atoms with Gasteiger partial charge in [0, 0.05) is 63.7 Å². The molecule has 2 aliphatic heterocycles. The van der Waals surface area contributed by atoms with Crippen molar-refractivity contribution in [2.45, 2.75) is 82.5 Å². The molecule has 0 bridgehead atoms. The van der Waals surface area contributed by atoms with Crippen LogP contribution in [0.1, 0.15) is 63.1 Å². The average molecular weight is 538 g/mol. The van der Waals surface area contributed by atoms with Crippen molar-refractivity contribution in [3.05, 3.63) is 18.1 Å². The fraction of sp³-hybridized carbons (Fsp3) is 0.704. The summed E-state index contributed by atoms with van der Waals surface area (Å²) < 4.78 is 12.1. The molecule has 0 atom stereocenters. The van der Waals surface area contributed by atoms with Crippen LogP contribution in [0.25, 0.3) is 10.2 Å². The fourth-order valence-electron chi connectivity index (χ4n) is 6.52. The molecule has 10 nitrogen and oxygen atoms in total. The molecular weight excluding hydrogens is 498 g/mol. The SMILES string of the molecule is Cc1nsc2nc(Nc3cnn(C4CCOCC4)c3)nc(NC3CCC(N4CCN(C5CC5)CC4)CC3)c12. The first-order chi connectivity index (χ1) is 18.7. The van der Waals surface area contributed by atoms with Crippen LogP contribution in [0, 0.1) is 6.92 Å². The summed E-state index contributed by atoms with van der Waals surface area (Å²) in [7, 11) is 0. The summed E-state index contributed by atoms with van der Waals surface area (Å²) in [5, 5.41) is 12.8. The predicted octanol–water partition coefficient (Wildman–Crippen LogP) is 4.19. The average Bonchev–Trinajstić information content (AvgIpc) is 3.59. The molecule has 5 heterocycles. The molecule has 4 aliphatic rings. The van der Waals surface area contributed by atoms with E-state index in [1.807, 2.05) is 10.9 Å². The number of rotatable bonds is 7. The van der Waals surface area contributed by atoms with Crippen LogP contribution in [0.15, 0.2) is 12.4 Å². The van der Waals surface area contributed by atoms with E-state index < -0.39 is 0 Å². The largest absolute Gasteiger partial charge is 0.381 e. The Morgan fingerprint density at radius 3 is 2.24 bits per heavy atom. The fourth-order valence-corrected chi connectivity index (χ4v) is 7.29. The van der Waals surface area contributed by atoms with Gasteiger partial charge < -0.3 is 15.4 Å². The summed E-state index contributed by atoms with van der Waals surface area (Å²) in [6, 6.07) is 2.45. The number of anilines is 3. The third-order valence-electron chi connectivity index (χ3n) is 8.90. The van der Waals surface area contributed by atoms with E-state index in [1.54, 1.807) is 0 Å². The summed E-state index contributed by atoms with van der Waals surface area (Å²) in [6.45, 7) is 8.65. The van der Waals surface area contributed by atoms with Crippen molar-refractivity contribution in [3.63, 3.8) is 0 Å². The van der Waals surface area contributed by atoms with Crippen LogP contribution in [0.5, 0.6) is 0 Å². The maximum absolute atomic E-state index is 5.50. The van der Waals surface area contributed by atoms with Crippen LogP contribution in [0.3, 0.4) is 0 Å². The lowest BCUT2D eigenvalue weighted by molar-refractivity contribution is 0.0662. The van der Waals surface area contributed by atoms with Crippen LogP contribution in [-0.2, 0) is 4.74 Å². The molecule has 0 unspecified atom stereocenters. The van der Waals surface area contributed by atoms with E-state index in [2.05, 4.69) is 43.0 Å². The number of hydrogen-bond donors (Lipinski definition) is 2. The first-order valence-electron chi connectivity index (χ1n) is 14.5. The maximum Gasteiger partial charge on any atom is 0.230 e. The smallest absolute Gasteiger partial charge is 0.230 e. The summed E-state index contributed by atoms with van der Waals surface area (Å²) in [5.74, 6) is 1.50. The molecule has 0 amide bonds. The van der Waals surface area contributed by atoms with E-state index in [-0.39, 0.29) is 0 Å². The quantitative estimate of drug-likeness (QED) is 0.460. The van der Waals surface area contributed by atoms with E-state index in [0.29, 0.717) is 18.0 Å². The van der Waals surface area contributed by atoms with Gasteiger partial charge in [0.2, 0.25) is 5.95 Å². The Labute approximate surface area is 228 Å². The van der Waals surface area contributed by atoms with Gasteiger partial charge in [-0.05, 0) is 69.8 Å². The highest BCUT2D eigenvalue weighted by Gasteiger charge is 2.34. The zero-order valence-electron chi connectivity index (χ0n) is 22.3. The highest BCUT2D eigenvalue weighted by molar-refractivity contribution is 7.13. The van der Waals surface area contributed by atoms with Crippen molar-refractivity contribution >= 4 is 39.2 Å². The van der Waals surface area contributed by atoms with E-state index in [9.17, 15) is 0 Å². The highest BCUT2D eigenvalue weighted by atomic mass is 32.1. The Morgan fingerprint density at radius 1 is 0.868 bits per heavy atom. The number of ether oxygens (including phenoxy) is 1. The summed E-state index contributed by atoms with van der Waals surface area (Å²) in [5.41, 5.74) is 1.90. The van der Waals surface area contributed by atoms with Gasteiger partial charge in [-0.2, -0.15) is 19.4 Å². The van der Waals surface area contributed by atoms with Gasteiger partial charge in [0.25, 0.3) is 0 Å². The van der Waals surface area contributed by atoms with Crippen LogP contribution < -0.4 is 10.6 Å². The van der Waals surface area contributed by atoms with Gasteiger partial charge in [-0.15, -0.1) is 0 Å². The Hall–Kier alpha value is -2.34. The summed E-state index contributed by atoms with van der Waals surface area (Å²) in [4.78, 5) is 16.1. The Kier molecular flexibility index (Phi) is 6.93. The second-order valence-electron chi connectivity index (χ2n) is 11.5. The molecule has 11 heteroatoms. The molecule has 2 N–H and O–H groups in total. The number of aryl methyl sites for hydroxylation is 1. The van der Waals surface area contributed by atoms with Crippen LogP contribution in [0.2, 0.25) is 0 Å². The standard InChI is InChI=1S/C27H39N9OS/c1-18-24-25(29-19-2-4-21(5-3-19)34-10-12-35(13-11-34)22-6-7-22)31-27(32-26(24)38-33-18)30-20-16-28-36(17-20)23-8-14-37-15-9-23/h16-17,19,21-23H,2-15H2,1H3,(H2,29,30,31,32). The van der Waals surface area contributed by atoms with Crippen molar-refractivity contribution in [2.24, 2.45) is 0 Å². The zero-order chi connectivity index (χ0) is 25.5. The minimum atomic E-state index is 0.390. The van der Waals surface area contributed by atoms with Gasteiger partial charge in [0.15, 0.2) is 4.83 Å². The van der Waals surface area contributed by atoms with E-state index in [4.69, 9.17) is 14.7 Å². The van der Waals surface area contributed by atoms with Crippen LogP contribution >= 0.6 is 11.5 Å². The van der Waals surface area contributed by atoms with E-state index >= 15 is 0 Å². The summed E-state index contributed by atoms with van der Waals surface area (Å²) in [6.07, 6.45) is 13.6. The van der Waals surface area contributed by atoms with Crippen molar-refractivity contribution < 1.29 is 4.74 Å². The van der Waals surface area contributed by atoms with Crippen LogP contribution in [0.4, 0.5) is 17.5 Å².